The second-order valence-corrected chi connectivity index (χ2v) is 6.63. The Morgan fingerprint density at radius 2 is 2.25 bits per heavy atom. The van der Waals surface area contributed by atoms with Crippen LogP contribution in [0.25, 0.3) is 0 Å². The van der Waals surface area contributed by atoms with E-state index in [4.69, 9.17) is 0 Å². The molecule has 0 N–H and O–H groups in total. The number of nitrogens with zero attached hydrogens (tertiary/aromatic N) is 2. The van der Waals surface area contributed by atoms with Crippen LogP contribution < -0.4 is 0 Å². The van der Waals surface area contributed by atoms with Gasteiger partial charge in [0.25, 0.3) is 5.69 Å². The Morgan fingerprint density at radius 3 is 3.05 bits per heavy atom. The quantitative estimate of drug-likeness (QED) is 0.620. The van der Waals surface area contributed by atoms with Crippen LogP contribution in [0.5, 0.6) is 0 Å². The molecule has 0 aliphatic carbocycles. The Balaban J connectivity index is 1.79. The molecule has 104 valence electrons. The molecule has 0 bridgehead atoms. The number of thiophene rings is 1. The molecule has 1 aliphatic rings. The Bertz CT molecular complexity index is 656. The molecule has 1 aromatic carbocycles. The molecule has 2 aromatic rings. The van der Waals surface area contributed by atoms with Crippen molar-refractivity contribution in [3.63, 3.8) is 0 Å². The summed E-state index contributed by atoms with van der Waals surface area (Å²) in [5.41, 5.74) is 2.50. The van der Waals surface area contributed by atoms with Gasteiger partial charge in [-0.15, -0.1) is 11.3 Å². The van der Waals surface area contributed by atoms with Gasteiger partial charge in [0.15, 0.2) is 0 Å². The van der Waals surface area contributed by atoms with Crippen molar-refractivity contribution in [2.45, 2.75) is 19.5 Å². The van der Waals surface area contributed by atoms with E-state index in [2.05, 4.69) is 32.3 Å². The molecule has 20 heavy (non-hydrogen) atoms. The van der Waals surface area contributed by atoms with Crippen molar-refractivity contribution < 1.29 is 4.92 Å². The molecule has 0 saturated heterocycles. The van der Waals surface area contributed by atoms with Crippen LogP contribution in [0.1, 0.15) is 16.0 Å². The highest BCUT2D eigenvalue weighted by Crippen LogP contribution is 2.31. The van der Waals surface area contributed by atoms with Crippen LogP contribution in [-0.4, -0.2) is 16.4 Å². The molecule has 0 atom stereocenters. The molecule has 0 fully saturated rings. The van der Waals surface area contributed by atoms with Gasteiger partial charge in [0.1, 0.15) is 0 Å². The van der Waals surface area contributed by atoms with Crippen LogP contribution in [0.3, 0.4) is 0 Å². The van der Waals surface area contributed by atoms with E-state index >= 15 is 0 Å². The van der Waals surface area contributed by atoms with Gasteiger partial charge in [-0.2, -0.15) is 0 Å². The third kappa shape index (κ3) is 2.63. The zero-order valence-corrected chi connectivity index (χ0v) is 13.1. The Kier molecular flexibility index (Phi) is 3.87. The van der Waals surface area contributed by atoms with Gasteiger partial charge in [-0.1, -0.05) is 12.1 Å². The number of fused-ring (bicyclic) bond motifs is 1. The smallest absolute Gasteiger partial charge is 0.283 e. The van der Waals surface area contributed by atoms with Crippen molar-refractivity contribution in [3.8, 4) is 0 Å². The number of benzene rings is 1. The van der Waals surface area contributed by atoms with Gasteiger partial charge in [0.2, 0.25) is 0 Å². The topological polar surface area (TPSA) is 46.4 Å². The molecule has 0 radical (unpaired) electrons. The van der Waals surface area contributed by atoms with E-state index in [9.17, 15) is 10.1 Å². The molecular formula is C14H13BrN2O2S. The average Bonchev–Trinajstić information content (AvgIpc) is 2.88. The highest BCUT2D eigenvalue weighted by Gasteiger charge is 2.20. The molecule has 1 aromatic heterocycles. The average molecular weight is 353 g/mol. The van der Waals surface area contributed by atoms with Gasteiger partial charge >= 0.3 is 0 Å². The van der Waals surface area contributed by atoms with E-state index in [1.807, 2.05) is 17.4 Å². The third-order valence-corrected chi connectivity index (χ3v) is 5.47. The first-order chi connectivity index (χ1) is 9.65. The van der Waals surface area contributed by atoms with Crippen LogP contribution in [0.2, 0.25) is 0 Å². The summed E-state index contributed by atoms with van der Waals surface area (Å²) in [6.07, 6.45) is 1.07. The monoisotopic (exact) mass is 352 g/mol. The summed E-state index contributed by atoms with van der Waals surface area (Å²) < 4.78 is 0.598. The minimum atomic E-state index is -0.346. The number of rotatable bonds is 3. The minimum Gasteiger partial charge on any atom is -0.294 e. The lowest BCUT2D eigenvalue weighted by molar-refractivity contribution is -0.385. The lowest BCUT2D eigenvalue weighted by atomic mass is 10.1. The first-order valence-corrected chi connectivity index (χ1v) is 8.02. The van der Waals surface area contributed by atoms with Crippen molar-refractivity contribution in [1.82, 2.24) is 4.90 Å². The minimum absolute atomic E-state index is 0.135. The van der Waals surface area contributed by atoms with Crippen molar-refractivity contribution in [1.29, 1.82) is 0 Å². The summed E-state index contributed by atoms with van der Waals surface area (Å²) in [5, 5.41) is 13.1. The van der Waals surface area contributed by atoms with E-state index in [1.54, 1.807) is 6.07 Å². The van der Waals surface area contributed by atoms with Gasteiger partial charge in [0, 0.05) is 30.6 Å². The molecule has 0 saturated carbocycles. The lowest BCUT2D eigenvalue weighted by Gasteiger charge is -2.27. The largest absolute Gasteiger partial charge is 0.294 e. The van der Waals surface area contributed by atoms with Crippen molar-refractivity contribution in [3.05, 3.63) is 60.2 Å². The third-order valence-electron chi connectivity index (χ3n) is 3.54. The number of halogens is 1. The zero-order chi connectivity index (χ0) is 14.1. The van der Waals surface area contributed by atoms with Gasteiger partial charge in [-0.25, -0.2) is 0 Å². The van der Waals surface area contributed by atoms with E-state index in [1.165, 1.54) is 16.5 Å². The standard InChI is InChI=1S/C14H13BrN2O2S/c15-14-11(2-1-3-12(14)17(18)19)9-16-6-4-13-10(8-16)5-7-20-13/h1-3,5,7H,4,6,8-9H2. The Hall–Kier alpha value is -1.24. The van der Waals surface area contributed by atoms with Crippen LogP contribution in [-0.2, 0) is 19.5 Å². The van der Waals surface area contributed by atoms with E-state index in [-0.39, 0.29) is 10.6 Å². The second kappa shape index (κ2) is 5.63. The molecule has 0 spiro atoms. The summed E-state index contributed by atoms with van der Waals surface area (Å²) in [4.78, 5) is 14.4. The summed E-state index contributed by atoms with van der Waals surface area (Å²) in [5.74, 6) is 0. The summed E-state index contributed by atoms with van der Waals surface area (Å²) >= 11 is 5.18. The molecule has 4 nitrogen and oxygen atoms in total. The molecular weight excluding hydrogens is 340 g/mol. The van der Waals surface area contributed by atoms with Gasteiger partial charge in [-0.3, -0.25) is 15.0 Å². The first kappa shape index (κ1) is 13.7. The highest BCUT2D eigenvalue weighted by atomic mass is 79.9. The molecule has 3 rings (SSSR count). The van der Waals surface area contributed by atoms with Crippen molar-refractivity contribution >= 4 is 33.0 Å². The van der Waals surface area contributed by atoms with Crippen LogP contribution in [0.15, 0.2) is 34.1 Å². The maximum Gasteiger partial charge on any atom is 0.283 e. The molecule has 0 amide bonds. The first-order valence-electron chi connectivity index (χ1n) is 6.34. The summed E-state index contributed by atoms with van der Waals surface area (Å²) in [7, 11) is 0. The second-order valence-electron chi connectivity index (χ2n) is 4.84. The van der Waals surface area contributed by atoms with Crippen LogP contribution in [0.4, 0.5) is 5.69 Å². The summed E-state index contributed by atoms with van der Waals surface area (Å²) in [6.45, 7) is 2.66. The molecule has 2 heterocycles. The van der Waals surface area contributed by atoms with Crippen molar-refractivity contribution in [2.24, 2.45) is 0 Å². The fourth-order valence-corrected chi connectivity index (χ4v) is 3.94. The highest BCUT2D eigenvalue weighted by molar-refractivity contribution is 9.10. The Morgan fingerprint density at radius 1 is 1.40 bits per heavy atom. The normalized spacial score (nSPS) is 15.1. The predicted molar refractivity (Wildman–Crippen MR) is 82.9 cm³/mol. The zero-order valence-electron chi connectivity index (χ0n) is 10.7. The van der Waals surface area contributed by atoms with Crippen LogP contribution >= 0.6 is 27.3 Å². The maximum atomic E-state index is 11.0. The Labute approximate surface area is 129 Å². The summed E-state index contributed by atoms with van der Waals surface area (Å²) in [6, 6.07) is 7.40. The van der Waals surface area contributed by atoms with Gasteiger partial charge in [0.05, 0.1) is 9.40 Å². The van der Waals surface area contributed by atoms with Crippen LogP contribution in [0, 0.1) is 10.1 Å². The maximum absolute atomic E-state index is 11.0. The van der Waals surface area contributed by atoms with Crippen molar-refractivity contribution in [2.75, 3.05) is 6.54 Å². The van der Waals surface area contributed by atoms with Gasteiger partial charge < -0.3 is 0 Å². The fourth-order valence-electron chi connectivity index (χ4n) is 2.51. The van der Waals surface area contributed by atoms with E-state index in [0.717, 1.165) is 31.6 Å². The molecule has 1 aliphatic heterocycles. The number of nitro groups is 1. The van der Waals surface area contributed by atoms with E-state index in [0.29, 0.717) is 4.47 Å². The molecule has 0 unspecified atom stereocenters. The predicted octanol–water partition coefficient (Wildman–Crippen LogP) is 3.98. The fraction of sp³-hybridized carbons (Fsp3) is 0.286. The molecule has 6 heteroatoms. The number of hydrogen-bond donors (Lipinski definition) is 0. The van der Waals surface area contributed by atoms with E-state index < -0.39 is 0 Å². The lowest BCUT2D eigenvalue weighted by Crippen LogP contribution is -2.29. The SMILES string of the molecule is O=[N+]([O-])c1cccc(CN2CCc3sccc3C2)c1Br. The number of hydrogen-bond acceptors (Lipinski definition) is 4. The van der Waals surface area contributed by atoms with Gasteiger partial charge in [-0.05, 0) is 44.9 Å². The number of nitro benzene ring substituents is 1.